The van der Waals surface area contributed by atoms with Crippen molar-refractivity contribution in [2.24, 2.45) is 0 Å². The lowest BCUT2D eigenvalue weighted by molar-refractivity contribution is 0.182. The molecule has 1 aromatic carbocycles. The maximum Gasteiger partial charge on any atom is 0.200 e. The summed E-state index contributed by atoms with van der Waals surface area (Å²) < 4.78 is 27.1. The van der Waals surface area contributed by atoms with E-state index in [1.807, 2.05) is 6.08 Å². The second-order valence-electron chi connectivity index (χ2n) is 5.27. The Balaban J connectivity index is 2.05. The van der Waals surface area contributed by atoms with Crippen molar-refractivity contribution >= 4 is 6.08 Å². The molecule has 0 saturated heterocycles. The molecule has 23 heavy (non-hydrogen) atoms. The van der Waals surface area contributed by atoms with Crippen LogP contribution in [0.15, 0.2) is 30.6 Å². The first-order valence-corrected chi connectivity index (χ1v) is 7.33. The predicted molar refractivity (Wildman–Crippen MR) is 83.6 cm³/mol. The first-order valence-electron chi connectivity index (χ1n) is 7.33. The van der Waals surface area contributed by atoms with Gasteiger partial charge in [0.05, 0.1) is 6.10 Å². The van der Waals surface area contributed by atoms with Crippen LogP contribution in [0, 0.1) is 11.6 Å². The summed E-state index contributed by atoms with van der Waals surface area (Å²) in [7, 11) is 0. The molecule has 0 radical (unpaired) electrons. The second kappa shape index (κ2) is 7.78. The Labute approximate surface area is 133 Å². The molecule has 0 saturated carbocycles. The van der Waals surface area contributed by atoms with Gasteiger partial charge in [0, 0.05) is 23.5 Å². The molecular weight excluding hydrogens is 302 g/mol. The number of halogens is 2. The molecule has 1 unspecified atom stereocenters. The summed E-state index contributed by atoms with van der Waals surface area (Å²) in [5.41, 5.74) is 0.320. The fourth-order valence-corrected chi connectivity index (χ4v) is 2.05. The minimum Gasteiger partial charge on any atom is -0.505 e. The van der Waals surface area contributed by atoms with Gasteiger partial charge in [0.15, 0.2) is 17.4 Å². The van der Waals surface area contributed by atoms with Gasteiger partial charge in [0.2, 0.25) is 5.82 Å². The summed E-state index contributed by atoms with van der Waals surface area (Å²) in [5, 5.41) is 18.3. The highest BCUT2D eigenvalue weighted by molar-refractivity contribution is 5.64. The van der Waals surface area contributed by atoms with E-state index in [4.69, 9.17) is 10.2 Å². The molecule has 122 valence electrons. The van der Waals surface area contributed by atoms with Crippen LogP contribution in [0.3, 0.4) is 0 Å². The molecule has 1 aromatic heterocycles. The van der Waals surface area contributed by atoms with Crippen molar-refractivity contribution in [2.75, 3.05) is 0 Å². The molecule has 1 atom stereocenters. The van der Waals surface area contributed by atoms with Crippen molar-refractivity contribution in [3.8, 4) is 16.9 Å². The topological polar surface area (TPSA) is 66.2 Å². The summed E-state index contributed by atoms with van der Waals surface area (Å²) in [6.07, 6.45) is 8.53. The minimum absolute atomic E-state index is 0.00670. The number of benzene rings is 1. The molecule has 2 rings (SSSR count). The maximum absolute atomic E-state index is 13.8. The van der Waals surface area contributed by atoms with Gasteiger partial charge in [-0.3, -0.25) is 0 Å². The first kappa shape index (κ1) is 17.0. The SMILES string of the molecule is CC(O)CCC/C=C/c1ncc(-c2ccc(O)c(F)c2F)cn1. The number of hydrogen-bond donors (Lipinski definition) is 2. The summed E-state index contributed by atoms with van der Waals surface area (Å²) >= 11 is 0. The maximum atomic E-state index is 13.8. The van der Waals surface area contributed by atoms with Crippen molar-refractivity contribution in [3.05, 3.63) is 48.1 Å². The number of aromatic hydroxyl groups is 1. The predicted octanol–water partition coefficient (Wildman–Crippen LogP) is 3.69. The lowest BCUT2D eigenvalue weighted by Crippen LogP contribution is -1.97. The van der Waals surface area contributed by atoms with Crippen molar-refractivity contribution in [2.45, 2.75) is 32.3 Å². The van der Waals surface area contributed by atoms with Crippen LogP contribution in [0.1, 0.15) is 32.0 Å². The molecule has 0 aliphatic heterocycles. The number of nitrogens with zero attached hydrogens (tertiary/aromatic N) is 2. The van der Waals surface area contributed by atoms with Gasteiger partial charge >= 0.3 is 0 Å². The van der Waals surface area contributed by atoms with Crippen molar-refractivity contribution in [3.63, 3.8) is 0 Å². The van der Waals surface area contributed by atoms with E-state index in [2.05, 4.69) is 9.97 Å². The van der Waals surface area contributed by atoms with Gasteiger partial charge in [-0.05, 0) is 44.4 Å². The smallest absolute Gasteiger partial charge is 0.200 e. The molecule has 0 aliphatic rings. The number of rotatable bonds is 6. The van der Waals surface area contributed by atoms with E-state index in [0.29, 0.717) is 11.4 Å². The third-order valence-corrected chi connectivity index (χ3v) is 3.30. The van der Waals surface area contributed by atoms with E-state index >= 15 is 0 Å². The molecule has 0 bridgehead atoms. The first-order chi connectivity index (χ1) is 11.0. The molecule has 4 nitrogen and oxygen atoms in total. The molecule has 0 spiro atoms. The van der Waals surface area contributed by atoms with Gasteiger partial charge in [0.1, 0.15) is 0 Å². The highest BCUT2D eigenvalue weighted by Gasteiger charge is 2.14. The van der Waals surface area contributed by atoms with Gasteiger partial charge in [-0.25, -0.2) is 14.4 Å². The van der Waals surface area contributed by atoms with Crippen LogP contribution in [0.5, 0.6) is 5.75 Å². The largest absolute Gasteiger partial charge is 0.505 e. The number of hydrogen-bond acceptors (Lipinski definition) is 4. The van der Waals surface area contributed by atoms with Crippen LogP contribution >= 0.6 is 0 Å². The number of aliphatic hydroxyl groups is 1. The normalized spacial score (nSPS) is 12.7. The Morgan fingerprint density at radius 2 is 1.87 bits per heavy atom. The van der Waals surface area contributed by atoms with E-state index in [9.17, 15) is 8.78 Å². The second-order valence-corrected chi connectivity index (χ2v) is 5.27. The molecule has 0 fully saturated rings. The third kappa shape index (κ3) is 4.56. The molecule has 2 aromatic rings. The van der Waals surface area contributed by atoms with Crippen LogP contribution in [0.2, 0.25) is 0 Å². The van der Waals surface area contributed by atoms with Crippen LogP contribution in [0.4, 0.5) is 8.78 Å². The number of unbranched alkanes of at least 4 members (excludes halogenated alkanes) is 1. The summed E-state index contributed by atoms with van der Waals surface area (Å²) in [4.78, 5) is 8.16. The zero-order chi connectivity index (χ0) is 16.8. The lowest BCUT2D eigenvalue weighted by Gasteiger charge is -2.05. The molecular formula is C17H18F2N2O2. The van der Waals surface area contributed by atoms with Crippen LogP contribution in [-0.4, -0.2) is 26.3 Å². The quantitative estimate of drug-likeness (QED) is 0.797. The fourth-order valence-electron chi connectivity index (χ4n) is 2.05. The average Bonchev–Trinajstić information content (AvgIpc) is 2.53. The van der Waals surface area contributed by atoms with E-state index in [1.54, 1.807) is 13.0 Å². The Morgan fingerprint density at radius 3 is 2.52 bits per heavy atom. The summed E-state index contributed by atoms with van der Waals surface area (Å²) in [6.45, 7) is 1.75. The molecule has 2 N–H and O–H groups in total. The van der Waals surface area contributed by atoms with Gasteiger partial charge in [-0.2, -0.15) is 4.39 Å². The molecule has 1 heterocycles. The van der Waals surface area contributed by atoms with E-state index in [1.165, 1.54) is 18.5 Å². The van der Waals surface area contributed by atoms with Crippen LogP contribution in [-0.2, 0) is 0 Å². The molecule has 0 amide bonds. The summed E-state index contributed by atoms with van der Waals surface area (Å²) in [5.74, 6) is -2.69. The van der Waals surface area contributed by atoms with Crippen molar-refractivity contribution in [1.29, 1.82) is 0 Å². The van der Waals surface area contributed by atoms with Gasteiger partial charge in [-0.15, -0.1) is 0 Å². The van der Waals surface area contributed by atoms with E-state index in [0.717, 1.165) is 25.3 Å². The molecule has 6 heteroatoms. The van der Waals surface area contributed by atoms with Crippen molar-refractivity contribution < 1.29 is 19.0 Å². The van der Waals surface area contributed by atoms with Gasteiger partial charge in [0.25, 0.3) is 0 Å². The van der Waals surface area contributed by atoms with Gasteiger partial charge in [-0.1, -0.05) is 6.08 Å². The molecule has 0 aliphatic carbocycles. The Kier molecular flexibility index (Phi) is 5.76. The average molecular weight is 320 g/mol. The van der Waals surface area contributed by atoms with E-state index < -0.39 is 17.4 Å². The Morgan fingerprint density at radius 1 is 1.17 bits per heavy atom. The lowest BCUT2D eigenvalue weighted by atomic mass is 10.1. The third-order valence-electron chi connectivity index (χ3n) is 3.30. The number of aromatic nitrogens is 2. The monoisotopic (exact) mass is 320 g/mol. The number of phenols is 1. The zero-order valence-electron chi connectivity index (χ0n) is 12.7. The van der Waals surface area contributed by atoms with Gasteiger partial charge < -0.3 is 10.2 Å². The van der Waals surface area contributed by atoms with Crippen LogP contribution in [0.25, 0.3) is 17.2 Å². The highest BCUT2D eigenvalue weighted by atomic mass is 19.2. The summed E-state index contributed by atoms with van der Waals surface area (Å²) in [6, 6.07) is 2.36. The minimum atomic E-state index is -1.29. The van der Waals surface area contributed by atoms with E-state index in [-0.39, 0.29) is 11.7 Å². The van der Waals surface area contributed by atoms with Crippen molar-refractivity contribution in [1.82, 2.24) is 9.97 Å². The zero-order valence-corrected chi connectivity index (χ0v) is 12.7. The Hall–Kier alpha value is -2.34. The number of allylic oxidation sites excluding steroid dienone is 1. The fraction of sp³-hybridized carbons (Fsp3) is 0.294. The standard InChI is InChI=1S/C17H18F2N2O2/c1-11(22)5-3-2-4-6-15-20-9-12(10-21-15)13-7-8-14(23)17(19)16(13)18/h4,6-11,22-23H,2-3,5H2,1H3/b6-4+. The van der Waals surface area contributed by atoms with Crippen LogP contribution < -0.4 is 0 Å². The number of aliphatic hydroxyl groups excluding tert-OH is 1. The number of phenolic OH excluding ortho intramolecular Hbond substituents is 1. The highest BCUT2D eigenvalue weighted by Crippen LogP contribution is 2.28. The Bertz CT molecular complexity index is 686.